The molecule has 2 heterocycles. The number of anilines is 1. The highest BCUT2D eigenvalue weighted by atomic mass is 32.1. The average Bonchev–Trinajstić information content (AvgIpc) is 3.17. The van der Waals surface area contributed by atoms with Gasteiger partial charge in [-0.15, -0.1) is 11.3 Å². The third-order valence-corrected chi connectivity index (χ3v) is 5.47. The smallest absolute Gasteiger partial charge is 0.350 e. The van der Waals surface area contributed by atoms with E-state index in [0.717, 1.165) is 11.1 Å². The number of urea groups is 1. The highest BCUT2D eigenvalue weighted by Gasteiger charge is 2.18. The molecule has 0 aliphatic carbocycles. The normalized spacial score (nSPS) is 10.2. The summed E-state index contributed by atoms with van der Waals surface area (Å²) >= 11 is 1.21. The first-order valence-electron chi connectivity index (χ1n) is 9.57. The highest BCUT2D eigenvalue weighted by Crippen LogP contribution is 2.28. The molecule has 0 unspecified atom stereocenters. The second kappa shape index (κ2) is 10.4. The fraction of sp³-hybridized carbons (Fsp3) is 0.182. The maximum absolute atomic E-state index is 12.3. The minimum atomic E-state index is -0.495. The van der Waals surface area contributed by atoms with E-state index in [2.05, 4.69) is 20.9 Å². The number of carbonyl (C=O) groups excluding carboxylic acids is 3. The van der Waals surface area contributed by atoms with Gasteiger partial charge in [0, 0.05) is 25.9 Å². The van der Waals surface area contributed by atoms with Crippen LogP contribution in [0.3, 0.4) is 0 Å². The van der Waals surface area contributed by atoms with E-state index in [1.807, 2.05) is 12.1 Å². The standard InChI is InChI=1S/C22H22N4O5S/c1-13-12-32-19(21(28)30-3)18(13)26-22(29)25-11-14-4-6-15(7-5-14)31-16-8-9-24-17(10-16)20(27)23-2/h4-10,12H,11H2,1-3H3,(H,23,27)(H2,25,26,29). The summed E-state index contributed by atoms with van der Waals surface area (Å²) in [5.74, 6) is 0.261. The minimum Gasteiger partial charge on any atom is -0.465 e. The molecule has 0 fully saturated rings. The molecule has 0 aliphatic rings. The molecule has 2 aromatic heterocycles. The number of benzene rings is 1. The Labute approximate surface area is 188 Å². The molecule has 9 nitrogen and oxygen atoms in total. The van der Waals surface area contributed by atoms with Gasteiger partial charge in [0.1, 0.15) is 22.1 Å². The molecule has 0 spiro atoms. The van der Waals surface area contributed by atoms with Gasteiger partial charge in [-0.1, -0.05) is 12.1 Å². The fourth-order valence-corrected chi connectivity index (χ4v) is 3.64. The van der Waals surface area contributed by atoms with Crippen LogP contribution in [0.5, 0.6) is 11.5 Å². The number of nitrogens with one attached hydrogen (secondary N) is 3. The van der Waals surface area contributed by atoms with Crippen molar-refractivity contribution >= 4 is 34.9 Å². The number of amides is 3. The molecule has 3 rings (SSSR count). The molecule has 0 aliphatic heterocycles. The van der Waals surface area contributed by atoms with Crippen molar-refractivity contribution in [3.63, 3.8) is 0 Å². The van der Waals surface area contributed by atoms with E-state index in [4.69, 9.17) is 9.47 Å². The van der Waals surface area contributed by atoms with E-state index < -0.39 is 12.0 Å². The van der Waals surface area contributed by atoms with Gasteiger partial charge in [-0.05, 0) is 41.6 Å². The first-order chi connectivity index (χ1) is 15.4. The van der Waals surface area contributed by atoms with Gasteiger partial charge in [-0.2, -0.15) is 0 Å². The first kappa shape index (κ1) is 22.8. The zero-order valence-electron chi connectivity index (χ0n) is 17.7. The Morgan fingerprint density at radius 3 is 2.53 bits per heavy atom. The van der Waals surface area contributed by atoms with E-state index in [1.165, 1.54) is 31.7 Å². The predicted molar refractivity (Wildman–Crippen MR) is 120 cm³/mol. The summed E-state index contributed by atoms with van der Waals surface area (Å²) in [7, 11) is 2.83. The zero-order chi connectivity index (χ0) is 23.1. The van der Waals surface area contributed by atoms with Crippen LogP contribution in [-0.2, 0) is 11.3 Å². The van der Waals surface area contributed by atoms with Crippen LogP contribution < -0.4 is 20.7 Å². The highest BCUT2D eigenvalue weighted by molar-refractivity contribution is 7.12. The molecule has 1 aromatic carbocycles. The lowest BCUT2D eigenvalue weighted by atomic mass is 10.2. The Hall–Kier alpha value is -3.92. The molecule has 0 bridgehead atoms. The molecule has 0 saturated heterocycles. The summed E-state index contributed by atoms with van der Waals surface area (Å²) in [6.45, 7) is 2.08. The molecule has 0 saturated carbocycles. The van der Waals surface area contributed by atoms with Crippen molar-refractivity contribution in [3.8, 4) is 11.5 Å². The van der Waals surface area contributed by atoms with Gasteiger partial charge >= 0.3 is 12.0 Å². The van der Waals surface area contributed by atoms with Gasteiger partial charge in [0.25, 0.3) is 5.91 Å². The van der Waals surface area contributed by atoms with E-state index in [9.17, 15) is 14.4 Å². The fourth-order valence-electron chi connectivity index (χ4n) is 2.72. The summed E-state index contributed by atoms with van der Waals surface area (Å²) in [4.78, 5) is 40.1. The summed E-state index contributed by atoms with van der Waals surface area (Å²) in [5, 5.41) is 9.75. The molecule has 0 radical (unpaired) electrons. The van der Waals surface area contributed by atoms with Crippen LogP contribution in [0.15, 0.2) is 48.0 Å². The lowest BCUT2D eigenvalue weighted by molar-refractivity contribution is 0.0607. The van der Waals surface area contributed by atoms with Crippen LogP contribution in [0, 0.1) is 6.92 Å². The number of aromatic nitrogens is 1. The van der Waals surface area contributed by atoms with E-state index in [-0.39, 0.29) is 18.1 Å². The van der Waals surface area contributed by atoms with E-state index >= 15 is 0 Å². The summed E-state index contributed by atoms with van der Waals surface area (Å²) < 4.78 is 10.5. The number of esters is 1. The third-order valence-electron chi connectivity index (χ3n) is 4.39. The third kappa shape index (κ3) is 5.61. The van der Waals surface area contributed by atoms with Crippen LogP contribution in [0.4, 0.5) is 10.5 Å². The van der Waals surface area contributed by atoms with Crippen molar-refractivity contribution in [1.82, 2.24) is 15.6 Å². The number of hydrogen-bond acceptors (Lipinski definition) is 7. The maximum atomic E-state index is 12.3. The minimum absolute atomic E-state index is 0.257. The maximum Gasteiger partial charge on any atom is 0.350 e. The zero-order valence-corrected chi connectivity index (χ0v) is 18.5. The molecule has 166 valence electrons. The lowest BCUT2D eigenvalue weighted by Crippen LogP contribution is -2.28. The predicted octanol–water partition coefficient (Wildman–Crippen LogP) is 3.71. The van der Waals surface area contributed by atoms with Crippen molar-refractivity contribution in [2.75, 3.05) is 19.5 Å². The summed E-state index contributed by atoms with van der Waals surface area (Å²) in [5.41, 5.74) is 2.33. The number of aryl methyl sites for hydroxylation is 1. The van der Waals surface area contributed by atoms with Crippen molar-refractivity contribution in [2.45, 2.75) is 13.5 Å². The summed E-state index contributed by atoms with van der Waals surface area (Å²) in [6, 6.07) is 9.91. The monoisotopic (exact) mass is 454 g/mol. The number of methoxy groups -OCH3 is 1. The topological polar surface area (TPSA) is 119 Å². The van der Waals surface area contributed by atoms with Crippen LogP contribution in [0.25, 0.3) is 0 Å². The van der Waals surface area contributed by atoms with Gasteiger partial charge in [-0.3, -0.25) is 9.78 Å². The quantitative estimate of drug-likeness (QED) is 0.468. The van der Waals surface area contributed by atoms with Crippen LogP contribution in [0.2, 0.25) is 0 Å². The van der Waals surface area contributed by atoms with Crippen LogP contribution in [0.1, 0.15) is 31.3 Å². The van der Waals surface area contributed by atoms with E-state index in [1.54, 1.807) is 36.6 Å². The number of carbonyl (C=O) groups is 3. The summed E-state index contributed by atoms with van der Waals surface area (Å²) in [6.07, 6.45) is 1.50. The Kier molecular flexibility index (Phi) is 7.40. The molecule has 32 heavy (non-hydrogen) atoms. The Morgan fingerprint density at radius 2 is 1.84 bits per heavy atom. The van der Waals surface area contributed by atoms with Crippen molar-refractivity contribution in [1.29, 1.82) is 0 Å². The Morgan fingerprint density at radius 1 is 1.09 bits per heavy atom. The number of rotatable bonds is 7. The largest absolute Gasteiger partial charge is 0.465 e. The Bertz CT molecular complexity index is 1130. The van der Waals surface area contributed by atoms with Gasteiger partial charge in [0.2, 0.25) is 0 Å². The second-order valence-corrected chi connectivity index (χ2v) is 7.50. The van der Waals surface area contributed by atoms with Crippen molar-refractivity contribution < 1.29 is 23.9 Å². The van der Waals surface area contributed by atoms with Gasteiger partial charge in [-0.25, -0.2) is 9.59 Å². The van der Waals surface area contributed by atoms with Crippen molar-refractivity contribution in [3.05, 3.63) is 69.7 Å². The van der Waals surface area contributed by atoms with Gasteiger partial charge in [0.05, 0.1) is 12.8 Å². The second-order valence-electron chi connectivity index (χ2n) is 6.62. The number of hydrogen-bond donors (Lipinski definition) is 3. The van der Waals surface area contributed by atoms with Gasteiger partial charge < -0.3 is 25.4 Å². The SMILES string of the molecule is CNC(=O)c1cc(Oc2ccc(CNC(=O)Nc3c(C)csc3C(=O)OC)cc2)ccn1. The number of thiophene rings is 1. The molecule has 3 N–H and O–H groups in total. The first-order valence-corrected chi connectivity index (χ1v) is 10.5. The number of nitrogens with zero attached hydrogens (tertiary/aromatic N) is 1. The lowest BCUT2D eigenvalue weighted by Gasteiger charge is -2.10. The number of ether oxygens (including phenoxy) is 2. The number of pyridine rings is 1. The molecule has 3 amide bonds. The molecule has 0 atom stereocenters. The molecular formula is C22H22N4O5S. The Balaban J connectivity index is 1.56. The van der Waals surface area contributed by atoms with Crippen LogP contribution >= 0.6 is 11.3 Å². The molecule has 3 aromatic rings. The van der Waals surface area contributed by atoms with E-state index in [0.29, 0.717) is 22.1 Å². The molecule has 10 heteroatoms. The van der Waals surface area contributed by atoms with Gasteiger partial charge in [0.15, 0.2) is 0 Å². The molecular weight excluding hydrogens is 432 g/mol. The van der Waals surface area contributed by atoms with Crippen LogP contribution in [-0.4, -0.2) is 37.0 Å². The average molecular weight is 455 g/mol. The van der Waals surface area contributed by atoms with Crippen molar-refractivity contribution in [2.24, 2.45) is 0 Å².